The Balaban J connectivity index is 2.81. The highest BCUT2D eigenvalue weighted by molar-refractivity contribution is 5.82. The third-order valence-electron chi connectivity index (χ3n) is 1.45. The first kappa shape index (κ1) is 7.66. The molecule has 0 aliphatic heterocycles. The van der Waals surface area contributed by atoms with Gasteiger partial charge in [-0.05, 0) is 6.42 Å². The highest BCUT2D eigenvalue weighted by atomic mass is 16.1. The van der Waals surface area contributed by atoms with Crippen LogP contribution in [0.4, 0.5) is 0 Å². The van der Waals surface area contributed by atoms with Crippen molar-refractivity contribution in [2.45, 2.75) is 6.42 Å². The summed E-state index contributed by atoms with van der Waals surface area (Å²) in [5.41, 5.74) is 1.25. The molecule has 0 aromatic heterocycles. The highest BCUT2D eigenvalue weighted by Crippen LogP contribution is 2.06. The first-order valence-electron chi connectivity index (χ1n) is 3.35. The molecule has 0 heterocycles. The zero-order valence-electron chi connectivity index (χ0n) is 5.99. The highest BCUT2D eigenvalue weighted by Gasteiger charge is 1.94. The first-order valence-corrected chi connectivity index (χ1v) is 3.35. The maximum Gasteiger partial charge on any atom is 0.149 e. The van der Waals surface area contributed by atoms with E-state index in [-0.39, 0.29) is 0 Å². The summed E-state index contributed by atoms with van der Waals surface area (Å²) in [4.78, 5) is 20.6. The van der Waals surface area contributed by atoms with E-state index < -0.39 is 0 Å². The van der Waals surface area contributed by atoms with E-state index in [1.165, 1.54) is 0 Å². The van der Waals surface area contributed by atoms with Gasteiger partial charge >= 0.3 is 0 Å². The predicted octanol–water partition coefficient (Wildman–Crippen LogP) is 1.20. The lowest BCUT2D eigenvalue weighted by Crippen LogP contribution is -1.77. The number of allylic oxidation sites excluding steroid dienone is 6. The molecule has 0 amide bonds. The van der Waals surface area contributed by atoms with Crippen molar-refractivity contribution in [2.24, 2.45) is 0 Å². The number of carbonyl (C=O) groups is 2. The summed E-state index contributed by atoms with van der Waals surface area (Å²) in [6.07, 6.45) is 9.03. The maximum atomic E-state index is 10.3. The van der Waals surface area contributed by atoms with Crippen LogP contribution in [0.1, 0.15) is 6.42 Å². The van der Waals surface area contributed by atoms with Crippen LogP contribution in [0.2, 0.25) is 0 Å². The normalized spacial score (nSPS) is 16.4. The topological polar surface area (TPSA) is 34.1 Å². The fraction of sp³-hybridized carbons (Fsp3) is 0.111. The molecule has 0 spiro atoms. The van der Waals surface area contributed by atoms with Gasteiger partial charge in [0.05, 0.1) is 0 Å². The molecule has 0 bridgehead atoms. The molecule has 56 valence electrons. The number of aldehydes is 2. The second-order valence-electron chi connectivity index (χ2n) is 2.21. The van der Waals surface area contributed by atoms with Crippen LogP contribution in [0.3, 0.4) is 0 Å². The van der Waals surface area contributed by atoms with Crippen LogP contribution >= 0.6 is 0 Å². The predicted molar refractivity (Wildman–Crippen MR) is 42.1 cm³/mol. The summed E-state index contributed by atoms with van der Waals surface area (Å²) >= 11 is 0. The molecular weight excluding hydrogens is 140 g/mol. The summed E-state index contributed by atoms with van der Waals surface area (Å²) in [7, 11) is 0. The summed E-state index contributed by atoms with van der Waals surface area (Å²) in [6.45, 7) is 0. The van der Waals surface area contributed by atoms with Crippen LogP contribution < -0.4 is 0 Å². The summed E-state index contributed by atoms with van der Waals surface area (Å²) in [5.74, 6) is 0. The summed E-state index contributed by atoms with van der Waals surface area (Å²) in [6, 6.07) is 0. The smallest absolute Gasteiger partial charge is 0.149 e. The number of carbonyl (C=O) groups excluding carboxylic acids is 2. The minimum Gasteiger partial charge on any atom is -0.298 e. The molecule has 0 radical (unpaired) electrons. The minimum atomic E-state index is 0.623. The van der Waals surface area contributed by atoms with Crippen LogP contribution in [0.25, 0.3) is 0 Å². The first-order chi connectivity index (χ1) is 5.36. The Morgan fingerprint density at radius 2 is 1.45 bits per heavy atom. The van der Waals surface area contributed by atoms with Crippen molar-refractivity contribution in [3.63, 3.8) is 0 Å². The van der Waals surface area contributed by atoms with Gasteiger partial charge in [-0.3, -0.25) is 9.59 Å². The zero-order chi connectivity index (χ0) is 8.10. The number of hydrogen-bond acceptors (Lipinski definition) is 2. The van der Waals surface area contributed by atoms with Crippen LogP contribution in [0.15, 0.2) is 35.5 Å². The molecule has 0 aromatic rings. The fourth-order valence-electron chi connectivity index (χ4n) is 0.834. The summed E-state index contributed by atoms with van der Waals surface area (Å²) in [5, 5.41) is 0. The number of hydrogen-bond donors (Lipinski definition) is 0. The third-order valence-corrected chi connectivity index (χ3v) is 1.45. The van der Waals surface area contributed by atoms with Gasteiger partial charge in [-0.25, -0.2) is 0 Å². The SMILES string of the molecule is O=CC1=CCC=C(C=O)C=C1. The van der Waals surface area contributed by atoms with E-state index >= 15 is 0 Å². The van der Waals surface area contributed by atoms with E-state index in [0.717, 1.165) is 12.6 Å². The monoisotopic (exact) mass is 148 g/mol. The van der Waals surface area contributed by atoms with E-state index in [1.54, 1.807) is 24.3 Å². The van der Waals surface area contributed by atoms with E-state index in [9.17, 15) is 9.59 Å². The van der Waals surface area contributed by atoms with Crippen molar-refractivity contribution < 1.29 is 9.59 Å². The molecule has 2 nitrogen and oxygen atoms in total. The van der Waals surface area contributed by atoms with Crippen molar-refractivity contribution in [2.75, 3.05) is 0 Å². The van der Waals surface area contributed by atoms with Gasteiger partial charge in [0.25, 0.3) is 0 Å². The Morgan fingerprint density at radius 3 is 1.82 bits per heavy atom. The largest absolute Gasteiger partial charge is 0.298 e. The van der Waals surface area contributed by atoms with Crippen molar-refractivity contribution in [1.29, 1.82) is 0 Å². The van der Waals surface area contributed by atoms with Crippen LogP contribution in [0.5, 0.6) is 0 Å². The lowest BCUT2D eigenvalue weighted by atomic mass is 10.2. The molecule has 0 fully saturated rings. The number of rotatable bonds is 2. The standard InChI is InChI=1S/C9H8O2/c10-6-8-2-1-3-9(7-11)5-4-8/h2-7H,1H2. The zero-order valence-corrected chi connectivity index (χ0v) is 5.99. The summed E-state index contributed by atoms with van der Waals surface area (Å²) < 4.78 is 0. The van der Waals surface area contributed by atoms with Gasteiger partial charge in [0, 0.05) is 11.1 Å². The lowest BCUT2D eigenvalue weighted by Gasteiger charge is -1.82. The molecule has 0 N–H and O–H groups in total. The van der Waals surface area contributed by atoms with Gasteiger partial charge in [-0.15, -0.1) is 0 Å². The average molecular weight is 148 g/mol. The maximum absolute atomic E-state index is 10.3. The van der Waals surface area contributed by atoms with Crippen LogP contribution in [0, 0.1) is 0 Å². The Kier molecular flexibility index (Phi) is 2.55. The molecule has 0 saturated carbocycles. The van der Waals surface area contributed by atoms with Gasteiger partial charge in [0.2, 0.25) is 0 Å². The second kappa shape index (κ2) is 3.66. The van der Waals surface area contributed by atoms with Gasteiger partial charge < -0.3 is 0 Å². The molecule has 0 aromatic carbocycles. The molecule has 11 heavy (non-hydrogen) atoms. The Labute approximate surface area is 64.9 Å². The molecule has 1 aliphatic rings. The van der Waals surface area contributed by atoms with Crippen molar-refractivity contribution in [3.8, 4) is 0 Å². The van der Waals surface area contributed by atoms with Crippen molar-refractivity contribution in [3.05, 3.63) is 35.5 Å². The van der Waals surface area contributed by atoms with E-state index in [2.05, 4.69) is 0 Å². The second-order valence-corrected chi connectivity index (χ2v) is 2.21. The fourth-order valence-corrected chi connectivity index (χ4v) is 0.834. The average Bonchev–Trinajstić information content (AvgIpc) is 2.28. The van der Waals surface area contributed by atoms with E-state index in [0.29, 0.717) is 17.6 Å². The Hall–Kier alpha value is -1.44. The van der Waals surface area contributed by atoms with Gasteiger partial charge in [0.1, 0.15) is 12.6 Å². The van der Waals surface area contributed by atoms with Crippen LogP contribution in [-0.2, 0) is 9.59 Å². The minimum absolute atomic E-state index is 0.623. The van der Waals surface area contributed by atoms with E-state index in [4.69, 9.17) is 0 Å². The van der Waals surface area contributed by atoms with Gasteiger partial charge in [-0.2, -0.15) is 0 Å². The molecule has 2 heteroatoms. The van der Waals surface area contributed by atoms with Gasteiger partial charge in [0.15, 0.2) is 0 Å². The molecule has 0 saturated heterocycles. The molecule has 0 atom stereocenters. The molecular formula is C9H8O2. The van der Waals surface area contributed by atoms with Crippen molar-refractivity contribution >= 4 is 12.6 Å². The third kappa shape index (κ3) is 2.00. The van der Waals surface area contributed by atoms with Crippen molar-refractivity contribution in [1.82, 2.24) is 0 Å². The lowest BCUT2D eigenvalue weighted by molar-refractivity contribution is -0.105. The van der Waals surface area contributed by atoms with E-state index in [1.807, 2.05) is 0 Å². The van der Waals surface area contributed by atoms with Gasteiger partial charge in [-0.1, -0.05) is 24.3 Å². The molecule has 1 rings (SSSR count). The Bertz CT molecular complexity index is 231. The van der Waals surface area contributed by atoms with Crippen LogP contribution in [-0.4, -0.2) is 12.6 Å². The Morgan fingerprint density at radius 1 is 1.00 bits per heavy atom. The molecule has 1 aliphatic carbocycles. The molecule has 0 unspecified atom stereocenters. The quantitative estimate of drug-likeness (QED) is 0.551.